The Hall–Kier alpha value is -3.08. The second-order valence-electron chi connectivity index (χ2n) is 8.08. The second-order valence-corrected chi connectivity index (χ2v) is 8.08. The van der Waals surface area contributed by atoms with Crippen molar-refractivity contribution in [2.45, 2.75) is 50.1 Å². The fourth-order valence-corrected chi connectivity index (χ4v) is 4.37. The van der Waals surface area contributed by atoms with Gasteiger partial charge in [-0.2, -0.15) is 0 Å². The van der Waals surface area contributed by atoms with Crippen LogP contribution in [0, 0.1) is 0 Å². The van der Waals surface area contributed by atoms with Gasteiger partial charge in [0.05, 0.1) is 13.5 Å². The van der Waals surface area contributed by atoms with Crippen LogP contribution in [0.4, 0.5) is 5.69 Å². The Bertz CT molecular complexity index is 917. The summed E-state index contributed by atoms with van der Waals surface area (Å²) < 4.78 is 5.24. The molecule has 2 aliphatic rings. The maximum Gasteiger partial charge on any atom is 0.251 e. The number of anilines is 1. The van der Waals surface area contributed by atoms with Crippen molar-refractivity contribution in [1.29, 1.82) is 0 Å². The van der Waals surface area contributed by atoms with Gasteiger partial charge in [-0.25, -0.2) is 0 Å². The molecule has 156 valence electrons. The monoisotopic (exact) mass is 404 g/mol. The first kappa shape index (κ1) is 20.2. The van der Waals surface area contributed by atoms with Gasteiger partial charge < -0.3 is 10.1 Å². The fourth-order valence-electron chi connectivity index (χ4n) is 4.37. The van der Waals surface area contributed by atoms with E-state index < -0.39 is 5.54 Å². The van der Waals surface area contributed by atoms with Crippen LogP contribution in [-0.4, -0.2) is 30.5 Å². The van der Waals surface area contributed by atoms with Gasteiger partial charge in [0.2, 0.25) is 5.91 Å². The predicted molar refractivity (Wildman–Crippen MR) is 118 cm³/mol. The van der Waals surface area contributed by atoms with E-state index in [0.717, 1.165) is 31.2 Å². The summed E-state index contributed by atoms with van der Waals surface area (Å²) in [5.74, 6) is 0.553. The molecule has 1 saturated carbocycles. The number of carbonyl (C=O) groups is 2. The zero-order chi connectivity index (χ0) is 21.0. The number of nitrogens with zero attached hydrogens (tertiary/aromatic N) is 1. The molecule has 2 amide bonds. The Balaban J connectivity index is 1.66. The number of amides is 2. The van der Waals surface area contributed by atoms with Crippen LogP contribution in [0.2, 0.25) is 0 Å². The molecule has 4 rings (SSSR count). The van der Waals surface area contributed by atoms with E-state index in [0.29, 0.717) is 11.4 Å². The molecule has 30 heavy (non-hydrogen) atoms. The lowest BCUT2D eigenvalue weighted by molar-refractivity contribution is -0.137. The summed E-state index contributed by atoms with van der Waals surface area (Å²) in [5.41, 5.74) is 0.679. The topological polar surface area (TPSA) is 58.6 Å². The molecule has 1 heterocycles. The summed E-state index contributed by atoms with van der Waals surface area (Å²) >= 11 is 0. The highest BCUT2D eigenvalue weighted by atomic mass is 16.5. The summed E-state index contributed by atoms with van der Waals surface area (Å²) in [6.07, 6.45) is 9.48. The first-order chi connectivity index (χ1) is 14.6. The molecule has 1 N–H and O–H groups in total. The molecule has 0 unspecified atom stereocenters. The molecule has 0 spiro atoms. The molecule has 1 aliphatic carbocycles. The van der Waals surface area contributed by atoms with Crippen LogP contribution in [-0.2, 0) is 9.59 Å². The van der Waals surface area contributed by atoms with E-state index in [-0.39, 0.29) is 24.3 Å². The van der Waals surface area contributed by atoms with Gasteiger partial charge in [-0.15, -0.1) is 0 Å². The van der Waals surface area contributed by atoms with Crippen molar-refractivity contribution in [2.24, 2.45) is 0 Å². The Labute approximate surface area is 177 Å². The van der Waals surface area contributed by atoms with Gasteiger partial charge >= 0.3 is 0 Å². The summed E-state index contributed by atoms with van der Waals surface area (Å²) in [4.78, 5) is 27.8. The number of benzene rings is 2. The van der Waals surface area contributed by atoms with Crippen LogP contribution < -0.4 is 15.0 Å². The zero-order valence-electron chi connectivity index (χ0n) is 17.3. The first-order valence-corrected chi connectivity index (χ1v) is 10.6. The number of β-lactam (4-membered cyclic amide) rings is 1. The Morgan fingerprint density at radius 3 is 2.40 bits per heavy atom. The normalized spacial score (nSPS) is 22.0. The lowest BCUT2D eigenvalue weighted by Gasteiger charge is -2.49. The molecular weight excluding hydrogens is 376 g/mol. The van der Waals surface area contributed by atoms with Gasteiger partial charge in [0, 0.05) is 11.7 Å². The van der Waals surface area contributed by atoms with Crippen molar-refractivity contribution in [3.8, 4) is 5.75 Å². The molecule has 5 heteroatoms. The van der Waals surface area contributed by atoms with Crippen LogP contribution in [0.3, 0.4) is 0 Å². The van der Waals surface area contributed by atoms with E-state index in [2.05, 4.69) is 5.32 Å². The van der Waals surface area contributed by atoms with Crippen molar-refractivity contribution in [1.82, 2.24) is 5.32 Å². The zero-order valence-corrected chi connectivity index (χ0v) is 17.3. The summed E-state index contributed by atoms with van der Waals surface area (Å²) in [5, 5.41) is 3.23. The number of nitrogens with one attached hydrogen (secondary N) is 1. The Morgan fingerprint density at radius 1 is 1.07 bits per heavy atom. The van der Waals surface area contributed by atoms with Crippen molar-refractivity contribution in [3.05, 3.63) is 66.2 Å². The van der Waals surface area contributed by atoms with Crippen molar-refractivity contribution in [2.75, 3.05) is 12.0 Å². The number of methoxy groups -OCH3 is 1. The van der Waals surface area contributed by atoms with Gasteiger partial charge in [-0.1, -0.05) is 55.7 Å². The highest BCUT2D eigenvalue weighted by molar-refractivity contribution is 6.15. The van der Waals surface area contributed by atoms with Gasteiger partial charge in [-0.05, 0) is 48.7 Å². The number of ether oxygens (including phenoxy) is 1. The Morgan fingerprint density at radius 2 is 1.77 bits per heavy atom. The van der Waals surface area contributed by atoms with Crippen LogP contribution in [0.15, 0.2) is 60.7 Å². The van der Waals surface area contributed by atoms with Gasteiger partial charge in [0.15, 0.2) is 5.54 Å². The SMILES string of the molecule is COc1ccc(N2C(=O)C[C@]2(/C=C/c2ccccc2)C(=O)NC2CCCCC2)cc1. The molecule has 2 aromatic carbocycles. The molecule has 1 saturated heterocycles. The van der Waals surface area contributed by atoms with Crippen LogP contribution in [0.1, 0.15) is 44.1 Å². The van der Waals surface area contributed by atoms with Crippen molar-refractivity contribution >= 4 is 23.6 Å². The fraction of sp³-hybridized carbons (Fsp3) is 0.360. The van der Waals surface area contributed by atoms with Crippen LogP contribution in [0.5, 0.6) is 5.75 Å². The minimum absolute atomic E-state index is 0.0586. The number of carbonyl (C=O) groups excluding carboxylic acids is 2. The van der Waals surface area contributed by atoms with E-state index >= 15 is 0 Å². The number of hydrogen-bond acceptors (Lipinski definition) is 3. The smallest absolute Gasteiger partial charge is 0.251 e. The first-order valence-electron chi connectivity index (χ1n) is 10.6. The molecule has 5 nitrogen and oxygen atoms in total. The molecule has 1 aliphatic heterocycles. The Kier molecular flexibility index (Phi) is 5.88. The van der Waals surface area contributed by atoms with Crippen molar-refractivity contribution in [3.63, 3.8) is 0 Å². The van der Waals surface area contributed by atoms with E-state index in [1.165, 1.54) is 6.42 Å². The van der Waals surface area contributed by atoms with E-state index in [4.69, 9.17) is 4.74 Å². The van der Waals surface area contributed by atoms with Gasteiger partial charge in [0.25, 0.3) is 5.91 Å². The van der Waals surface area contributed by atoms with Gasteiger partial charge in [-0.3, -0.25) is 14.5 Å². The molecule has 0 radical (unpaired) electrons. The molecule has 0 bridgehead atoms. The summed E-state index contributed by atoms with van der Waals surface area (Å²) in [6, 6.07) is 17.3. The average Bonchev–Trinajstić information content (AvgIpc) is 2.78. The predicted octanol–water partition coefficient (Wildman–Crippen LogP) is 4.33. The maximum absolute atomic E-state index is 13.5. The van der Waals surface area contributed by atoms with Crippen molar-refractivity contribution < 1.29 is 14.3 Å². The lowest BCUT2D eigenvalue weighted by atomic mass is 9.80. The van der Waals surface area contributed by atoms with E-state index in [1.54, 1.807) is 12.0 Å². The third-order valence-electron chi connectivity index (χ3n) is 6.08. The summed E-state index contributed by atoms with van der Waals surface area (Å²) in [7, 11) is 1.61. The number of hydrogen-bond donors (Lipinski definition) is 1. The van der Waals surface area contributed by atoms with E-state index in [1.807, 2.05) is 66.7 Å². The average molecular weight is 405 g/mol. The minimum atomic E-state index is -1.01. The number of rotatable bonds is 6. The largest absolute Gasteiger partial charge is 0.497 e. The molecule has 2 aromatic rings. The highest BCUT2D eigenvalue weighted by Gasteiger charge is 2.55. The van der Waals surface area contributed by atoms with E-state index in [9.17, 15) is 9.59 Å². The van der Waals surface area contributed by atoms with Crippen LogP contribution >= 0.6 is 0 Å². The lowest BCUT2D eigenvalue weighted by Crippen LogP contribution is -2.70. The third-order valence-corrected chi connectivity index (χ3v) is 6.08. The van der Waals surface area contributed by atoms with Gasteiger partial charge in [0.1, 0.15) is 5.75 Å². The standard InChI is InChI=1S/C25H28N2O3/c1-30-22-14-12-21(13-15-22)27-23(28)18-25(27,17-16-19-8-4-2-5-9-19)24(29)26-20-10-6-3-7-11-20/h2,4-5,8-9,12-17,20H,3,6-7,10-11,18H2,1H3,(H,26,29)/b17-16+/t25-/m1/s1. The highest BCUT2D eigenvalue weighted by Crippen LogP contribution is 2.40. The second kappa shape index (κ2) is 8.74. The molecule has 1 atom stereocenters. The minimum Gasteiger partial charge on any atom is -0.497 e. The molecule has 2 fully saturated rings. The molecular formula is C25H28N2O3. The molecule has 0 aromatic heterocycles. The van der Waals surface area contributed by atoms with Crippen LogP contribution in [0.25, 0.3) is 6.08 Å². The summed E-state index contributed by atoms with van der Waals surface area (Å²) in [6.45, 7) is 0. The third kappa shape index (κ3) is 3.97. The maximum atomic E-state index is 13.5. The quantitative estimate of drug-likeness (QED) is 0.729.